The largest absolute Gasteiger partial charge is 0.508 e. The summed E-state index contributed by atoms with van der Waals surface area (Å²) in [5.41, 5.74) is -0.0104. The molecule has 2 amide bonds. The summed E-state index contributed by atoms with van der Waals surface area (Å²) in [5, 5.41) is 9.80. The predicted octanol–water partition coefficient (Wildman–Crippen LogP) is 8.32. The van der Waals surface area contributed by atoms with E-state index in [0.29, 0.717) is 36.3 Å². The van der Waals surface area contributed by atoms with Crippen LogP contribution in [-0.4, -0.2) is 29.6 Å². The van der Waals surface area contributed by atoms with Gasteiger partial charge in [0.2, 0.25) is 11.8 Å². The molecule has 1 aliphatic carbocycles. The minimum atomic E-state index is -5.11. The van der Waals surface area contributed by atoms with Gasteiger partial charge in [-0.25, -0.2) is 4.90 Å². The SMILES string of the molecule is CCCC1=C2[C@@H](CC/C(=C/c3cccc(O)c3)CC)OC[C@@H]2[C@@H]2C(=O)N(c3cc(C(F)(F)F)cc(C(F)(F)F)c3)C(=O)[C@@H]2C1. The molecule has 0 radical (unpaired) electrons. The van der Waals surface area contributed by atoms with Crippen LogP contribution in [0.4, 0.5) is 32.0 Å². The van der Waals surface area contributed by atoms with E-state index in [1.165, 1.54) is 0 Å². The van der Waals surface area contributed by atoms with Gasteiger partial charge in [0, 0.05) is 5.92 Å². The van der Waals surface area contributed by atoms with Crippen LogP contribution < -0.4 is 4.90 Å². The van der Waals surface area contributed by atoms with E-state index in [2.05, 4.69) is 0 Å². The number of aromatic hydroxyl groups is 1. The first-order chi connectivity index (χ1) is 20.7. The molecule has 5 nitrogen and oxygen atoms in total. The number of ether oxygens (including phenoxy) is 1. The molecule has 0 bridgehead atoms. The maximum atomic E-state index is 13.8. The van der Waals surface area contributed by atoms with E-state index in [-0.39, 0.29) is 30.9 Å². The number of carbonyl (C=O) groups is 2. The highest BCUT2D eigenvalue weighted by atomic mass is 19.4. The molecule has 2 heterocycles. The molecule has 2 aromatic carbocycles. The second-order valence-corrected chi connectivity index (χ2v) is 11.6. The van der Waals surface area contributed by atoms with Gasteiger partial charge in [0.25, 0.3) is 0 Å². The number of amides is 2. The smallest absolute Gasteiger partial charge is 0.416 e. The molecule has 44 heavy (non-hydrogen) atoms. The second kappa shape index (κ2) is 12.1. The Hall–Kier alpha value is -3.60. The fourth-order valence-electron chi connectivity index (χ4n) is 6.85. The van der Waals surface area contributed by atoms with Crippen LogP contribution in [0.3, 0.4) is 0 Å². The molecule has 1 N–H and O–H groups in total. The lowest BCUT2D eigenvalue weighted by molar-refractivity contribution is -0.143. The average molecular weight is 622 g/mol. The van der Waals surface area contributed by atoms with Gasteiger partial charge in [0.05, 0.1) is 41.4 Å². The molecule has 2 saturated heterocycles. The monoisotopic (exact) mass is 621 g/mol. The first-order valence-electron chi connectivity index (χ1n) is 14.7. The number of phenols is 1. The topological polar surface area (TPSA) is 66.8 Å². The number of imide groups is 1. The molecule has 11 heteroatoms. The van der Waals surface area contributed by atoms with E-state index in [9.17, 15) is 41.0 Å². The van der Waals surface area contributed by atoms with Gasteiger partial charge in [-0.2, -0.15) is 26.3 Å². The first-order valence-corrected chi connectivity index (χ1v) is 14.7. The summed E-state index contributed by atoms with van der Waals surface area (Å²) in [7, 11) is 0. The number of nitrogens with zero attached hydrogens (tertiary/aromatic N) is 1. The van der Waals surface area contributed by atoms with Crippen LogP contribution in [-0.2, 0) is 26.7 Å². The Balaban J connectivity index is 1.44. The Morgan fingerprint density at radius 2 is 1.66 bits per heavy atom. The molecule has 2 fully saturated rings. The van der Waals surface area contributed by atoms with Crippen molar-refractivity contribution in [2.75, 3.05) is 11.5 Å². The normalized spacial score (nSPS) is 24.3. The molecule has 0 saturated carbocycles. The van der Waals surface area contributed by atoms with Crippen LogP contribution in [0, 0.1) is 17.8 Å². The zero-order valence-electron chi connectivity index (χ0n) is 24.3. The first kappa shape index (κ1) is 31.8. The number of anilines is 1. The summed E-state index contributed by atoms with van der Waals surface area (Å²) in [6.07, 6.45) is -4.93. The molecule has 2 aromatic rings. The number of fused-ring (bicyclic) bond motifs is 3. The van der Waals surface area contributed by atoms with Crippen LogP contribution in [0.25, 0.3) is 6.08 Å². The quantitative estimate of drug-likeness (QED) is 0.183. The lowest BCUT2D eigenvalue weighted by Crippen LogP contribution is -2.34. The highest BCUT2D eigenvalue weighted by molar-refractivity contribution is 6.22. The second-order valence-electron chi connectivity index (χ2n) is 11.6. The number of hydrogen-bond acceptors (Lipinski definition) is 4. The molecule has 5 rings (SSSR count). The van der Waals surface area contributed by atoms with Gasteiger partial charge < -0.3 is 9.84 Å². The van der Waals surface area contributed by atoms with E-state index in [0.717, 1.165) is 35.1 Å². The Morgan fingerprint density at radius 1 is 0.977 bits per heavy atom. The van der Waals surface area contributed by atoms with E-state index in [1.54, 1.807) is 18.2 Å². The van der Waals surface area contributed by atoms with E-state index in [4.69, 9.17) is 4.74 Å². The van der Waals surface area contributed by atoms with Crippen LogP contribution in [0.15, 0.2) is 59.2 Å². The maximum absolute atomic E-state index is 13.8. The van der Waals surface area contributed by atoms with Gasteiger partial charge in [-0.05, 0) is 73.6 Å². The molecule has 0 unspecified atom stereocenters. The van der Waals surface area contributed by atoms with Gasteiger partial charge in [-0.15, -0.1) is 0 Å². The molecular formula is C33H33F6NO4. The van der Waals surface area contributed by atoms with Crippen molar-refractivity contribution in [3.05, 3.63) is 75.9 Å². The molecule has 3 aliphatic rings. The standard InChI is InChI=1S/C33H33F6NO4/c1-3-6-20-13-25-29(26-17-44-27(28(20)26)10-9-18(4-2)11-19-7-5-8-24(41)12-19)31(43)40(30(25)42)23-15-21(32(34,35)36)14-22(16-23)33(37,38)39/h5,7-8,11-12,14-16,25-27,29,41H,3-4,6,9-10,13,17H2,1-2H3/b18-11+/t25-,26+,27-,29-/m1/s1. The van der Waals surface area contributed by atoms with Gasteiger partial charge in [0.1, 0.15) is 5.75 Å². The summed E-state index contributed by atoms with van der Waals surface area (Å²) in [5.74, 6) is -3.73. The summed E-state index contributed by atoms with van der Waals surface area (Å²) in [6, 6.07) is 7.74. The summed E-state index contributed by atoms with van der Waals surface area (Å²) < 4.78 is 87.6. The number of benzene rings is 2. The maximum Gasteiger partial charge on any atom is 0.416 e. The zero-order valence-corrected chi connectivity index (χ0v) is 24.3. The van der Waals surface area contributed by atoms with Crippen LogP contribution >= 0.6 is 0 Å². The van der Waals surface area contributed by atoms with E-state index >= 15 is 0 Å². The highest BCUT2D eigenvalue weighted by Crippen LogP contribution is 2.52. The van der Waals surface area contributed by atoms with Crippen LogP contribution in [0.1, 0.15) is 69.1 Å². The van der Waals surface area contributed by atoms with Crippen molar-refractivity contribution >= 4 is 23.6 Å². The third-order valence-electron chi connectivity index (χ3n) is 8.81. The van der Waals surface area contributed by atoms with Crippen molar-refractivity contribution in [3.63, 3.8) is 0 Å². The molecular weight excluding hydrogens is 588 g/mol. The Labute approximate surface area is 251 Å². The summed E-state index contributed by atoms with van der Waals surface area (Å²) >= 11 is 0. The van der Waals surface area contributed by atoms with Crippen molar-refractivity contribution < 1.29 is 45.8 Å². The van der Waals surface area contributed by atoms with Crippen LogP contribution in [0.5, 0.6) is 5.75 Å². The predicted molar refractivity (Wildman–Crippen MR) is 151 cm³/mol. The Bertz CT molecular complexity index is 1480. The number of alkyl halides is 6. The van der Waals surface area contributed by atoms with Crippen LogP contribution in [0.2, 0.25) is 0 Å². The number of carbonyl (C=O) groups excluding carboxylic acids is 2. The van der Waals surface area contributed by atoms with Gasteiger partial charge in [-0.3, -0.25) is 9.59 Å². The lowest BCUT2D eigenvalue weighted by atomic mass is 9.68. The van der Waals surface area contributed by atoms with Gasteiger partial charge >= 0.3 is 12.4 Å². The average Bonchev–Trinajstić information content (AvgIpc) is 3.48. The Morgan fingerprint density at radius 3 is 2.25 bits per heavy atom. The zero-order chi connectivity index (χ0) is 32.0. The molecule has 4 atom stereocenters. The number of hydrogen-bond donors (Lipinski definition) is 1. The van der Waals surface area contributed by atoms with E-state index < -0.39 is 58.7 Å². The minimum Gasteiger partial charge on any atom is -0.508 e. The van der Waals surface area contributed by atoms with Gasteiger partial charge in [0.15, 0.2) is 0 Å². The minimum absolute atomic E-state index is 0.0183. The highest BCUT2D eigenvalue weighted by Gasteiger charge is 2.57. The summed E-state index contributed by atoms with van der Waals surface area (Å²) in [4.78, 5) is 27.9. The number of allylic oxidation sites excluding steroid dienone is 2. The number of halogens is 6. The van der Waals surface area contributed by atoms with Crippen molar-refractivity contribution in [2.45, 2.75) is 70.8 Å². The van der Waals surface area contributed by atoms with E-state index in [1.807, 2.05) is 26.0 Å². The number of rotatable bonds is 8. The molecule has 2 aliphatic heterocycles. The lowest BCUT2D eigenvalue weighted by Gasteiger charge is -2.32. The molecule has 0 aromatic heterocycles. The fourth-order valence-corrected chi connectivity index (χ4v) is 6.85. The summed E-state index contributed by atoms with van der Waals surface area (Å²) in [6.45, 7) is 4.13. The molecule has 0 spiro atoms. The third kappa shape index (κ3) is 6.16. The van der Waals surface area contributed by atoms with Crippen molar-refractivity contribution in [2.24, 2.45) is 17.8 Å². The third-order valence-corrected chi connectivity index (χ3v) is 8.81. The van der Waals surface area contributed by atoms with Gasteiger partial charge in [-0.1, -0.05) is 49.6 Å². The Kier molecular flexibility index (Phi) is 8.72. The van der Waals surface area contributed by atoms with Crippen molar-refractivity contribution in [1.29, 1.82) is 0 Å². The van der Waals surface area contributed by atoms with Crippen molar-refractivity contribution in [3.8, 4) is 5.75 Å². The molecule has 236 valence electrons. The number of phenolic OH excluding ortho intramolecular Hbond substituents is 1. The van der Waals surface area contributed by atoms with Crippen molar-refractivity contribution in [1.82, 2.24) is 0 Å². The fraction of sp³-hybridized carbons (Fsp3) is 0.455.